The van der Waals surface area contributed by atoms with Crippen molar-refractivity contribution in [2.45, 2.75) is 32.7 Å². The maximum absolute atomic E-state index is 5.95. The molecule has 0 aliphatic rings. The predicted molar refractivity (Wildman–Crippen MR) is 55.4 cm³/mol. The Hall–Kier alpha value is -0.890. The molecular formula is C11H18N2. The van der Waals surface area contributed by atoms with Crippen LogP contribution < -0.4 is 5.73 Å². The van der Waals surface area contributed by atoms with Gasteiger partial charge in [0.15, 0.2) is 0 Å². The Kier molecular flexibility index (Phi) is 3.90. The minimum atomic E-state index is 0.313. The number of aromatic nitrogens is 1. The van der Waals surface area contributed by atoms with Crippen LogP contribution in [0, 0.1) is 5.92 Å². The van der Waals surface area contributed by atoms with Gasteiger partial charge in [-0.25, -0.2) is 0 Å². The molecule has 2 nitrogen and oxygen atoms in total. The molecule has 1 heterocycles. The molecule has 0 aliphatic heterocycles. The van der Waals surface area contributed by atoms with E-state index in [1.807, 2.05) is 12.4 Å². The summed E-state index contributed by atoms with van der Waals surface area (Å²) in [6.45, 7) is 4.34. The van der Waals surface area contributed by atoms with Crippen molar-refractivity contribution >= 4 is 0 Å². The summed E-state index contributed by atoms with van der Waals surface area (Å²) in [4.78, 5) is 3.99. The van der Waals surface area contributed by atoms with E-state index in [2.05, 4.69) is 31.0 Å². The molecule has 2 unspecified atom stereocenters. The van der Waals surface area contributed by atoms with Crippen LogP contribution >= 0.6 is 0 Å². The average Bonchev–Trinajstić information content (AvgIpc) is 2.18. The highest BCUT2D eigenvalue weighted by atomic mass is 14.6. The lowest BCUT2D eigenvalue weighted by atomic mass is 9.93. The van der Waals surface area contributed by atoms with Crippen molar-refractivity contribution in [3.05, 3.63) is 30.1 Å². The van der Waals surface area contributed by atoms with Crippen LogP contribution in [0.4, 0.5) is 0 Å². The molecule has 0 aromatic carbocycles. The van der Waals surface area contributed by atoms with Crippen molar-refractivity contribution < 1.29 is 0 Å². The lowest BCUT2D eigenvalue weighted by Crippen LogP contribution is -2.28. The van der Waals surface area contributed by atoms with Gasteiger partial charge in [-0.05, 0) is 36.5 Å². The quantitative estimate of drug-likeness (QED) is 0.766. The maximum atomic E-state index is 5.95. The van der Waals surface area contributed by atoms with Crippen LogP contribution in [0.3, 0.4) is 0 Å². The van der Waals surface area contributed by atoms with Crippen molar-refractivity contribution in [2.24, 2.45) is 11.7 Å². The number of nitrogens with zero attached hydrogens (tertiary/aromatic N) is 1. The maximum Gasteiger partial charge on any atom is 0.0270 e. The fourth-order valence-corrected chi connectivity index (χ4v) is 1.44. The summed E-state index contributed by atoms with van der Waals surface area (Å²) in [5.41, 5.74) is 7.27. The van der Waals surface area contributed by atoms with Gasteiger partial charge in [0.05, 0.1) is 0 Å². The summed E-state index contributed by atoms with van der Waals surface area (Å²) in [6.07, 6.45) is 5.77. The zero-order chi connectivity index (χ0) is 9.68. The molecular weight excluding hydrogens is 160 g/mol. The molecule has 0 saturated heterocycles. The molecule has 72 valence electrons. The van der Waals surface area contributed by atoms with Crippen LogP contribution in [0.25, 0.3) is 0 Å². The van der Waals surface area contributed by atoms with Gasteiger partial charge in [-0.3, -0.25) is 4.98 Å². The van der Waals surface area contributed by atoms with Crippen LogP contribution in [0.1, 0.15) is 25.8 Å². The standard InChI is InChI=1S/C11H18N2/c1-3-11(12)9(2)8-10-4-6-13-7-5-10/h4-7,9,11H,3,8,12H2,1-2H3. The monoisotopic (exact) mass is 178 g/mol. The van der Waals surface area contributed by atoms with E-state index in [4.69, 9.17) is 5.73 Å². The number of hydrogen-bond acceptors (Lipinski definition) is 2. The van der Waals surface area contributed by atoms with Gasteiger partial charge in [0.25, 0.3) is 0 Å². The fraction of sp³-hybridized carbons (Fsp3) is 0.545. The van der Waals surface area contributed by atoms with E-state index in [0.717, 1.165) is 12.8 Å². The van der Waals surface area contributed by atoms with Gasteiger partial charge >= 0.3 is 0 Å². The molecule has 0 radical (unpaired) electrons. The first-order valence-corrected chi connectivity index (χ1v) is 4.88. The van der Waals surface area contributed by atoms with Crippen molar-refractivity contribution in [2.75, 3.05) is 0 Å². The fourth-order valence-electron chi connectivity index (χ4n) is 1.44. The van der Waals surface area contributed by atoms with E-state index in [1.54, 1.807) is 0 Å². The van der Waals surface area contributed by atoms with Crippen molar-refractivity contribution in [1.29, 1.82) is 0 Å². The largest absolute Gasteiger partial charge is 0.327 e. The Bertz CT molecular complexity index is 233. The molecule has 0 bridgehead atoms. The van der Waals surface area contributed by atoms with Crippen LogP contribution in [0.5, 0.6) is 0 Å². The summed E-state index contributed by atoms with van der Waals surface area (Å²) < 4.78 is 0. The van der Waals surface area contributed by atoms with Gasteiger partial charge in [-0.2, -0.15) is 0 Å². The SMILES string of the molecule is CCC(N)C(C)Cc1ccncc1. The van der Waals surface area contributed by atoms with Crippen molar-refractivity contribution in [3.63, 3.8) is 0 Å². The van der Waals surface area contributed by atoms with Crippen LogP contribution in [0.15, 0.2) is 24.5 Å². The van der Waals surface area contributed by atoms with Gasteiger partial charge < -0.3 is 5.73 Å². The van der Waals surface area contributed by atoms with E-state index in [-0.39, 0.29) is 0 Å². The van der Waals surface area contributed by atoms with E-state index < -0.39 is 0 Å². The molecule has 2 N–H and O–H groups in total. The summed E-state index contributed by atoms with van der Waals surface area (Å²) in [5.74, 6) is 0.549. The zero-order valence-corrected chi connectivity index (χ0v) is 8.40. The molecule has 0 spiro atoms. The summed E-state index contributed by atoms with van der Waals surface area (Å²) in [7, 11) is 0. The van der Waals surface area contributed by atoms with E-state index in [1.165, 1.54) is 5.56 Å². The molecule has 1 aromatic rings. The first-order valence-electron chi connectivity index (χ1n) is 4.88. The van der Waals surface area contributed by atoms with Gasteiger partial charge in [0.1, 0.15) is 0 Å². The smallest absolute Gasteiger partial charge is 0.0270 e. The minimum absolute atomic E-state index is 0.313. The second-order valence-electron chi connectivity index (χ2n) is 3.61. The molecule has 2 atom stereocenters. The first-order chi connectivity index (χ1) is 6.24. The zero-order valence-electron chi connectivity index (χ0n) is 8.40. The summed E-state index contributed by atoms with van der Waals surface area (Å²) in [6, 6.07) is 4.42. The summed E-state index contributed by atoms with van der Waals surface area (Å²) >= 11 is 0. The second-order valence-corrected chi connectivity index (χ2v) is 3.61. The van der Waals surface area contributed by atoms with E-state index in [9.17, 15) is 0 Å². The Labute approximate surface area is 80.2 Å². The van der Waals surface area contributed by atoms with Gasteiger partial charge in [-0.15, -0.1) is 0 Å². The highest BCUT2D eigenvalue weighted by Crippen LogP contribution is 2.11. The van der Waals surface area contributed by atoms with Crippen LogP contribution in [-0.2, 0) is 6.42 Å². The Morgan fingerprint density at radius 1 is 1.38 bits per heavy atom. The minimum Gasteiger partial charge on any atom is -0.327 e. The first kappa shape index (κ1) is 10.2. The third kappa shape index (κ3) is 3.15. The second kappa shape index (κ2) is 4.97. The molecule has 1 aromatic heterocycles. The number of nitrogens with two attached hydrogens (primary N) is 1. The van der Waals surface area contributed by atoms with Crippen molar-refractivity contribution in [3.8, 4) is 0 Å². The van der Waals surface area contributed by atoms with Crippen LogP contribution in [0.2, 0.25) is 0 Å². The van der Waals surface area contributed by atoms with Crippen LogP contribution in [-0.4, -0.2) is 11.0 Å². The number of pyridine rings is 1. The molecule has 0 fully saturated rings. The Morgan fingerprint density at radius 2 is 2.00 bits per heavy atom. The molecule has 13 heavy (non-hydrogen) atoms. The van der Waals surface area contributed by atoms with E-state index in [0.29, 0.717) is 12.0 Å². The van der Waals surface area contributed by atoms with Gasteiger partial charge in [0.2, 0.25) is 0 Å². The van der Waals surface area contributed by atoms with Crippen molar-refractivity contribution in [1.82, 2.24) is 4.98 Å². The molecule has 1 rings (SSSR count). The third-order valence-electron chi connectivity index (χ3n) is 2.51. The Balaban J connectivity index is 2.50. The number of hydrogen-bond donors (Lipinski definition) is 1. The molecule has 0 amide bonds. The topological polar surface area (TPSA) is 38.9 Å². The average molecular weight is 178 g/mol. The van der Waals surface area contributed by atoms with E-state index >= 15 is 0 Å². The Morgan fingerprint density at radius 3 is 2.54 bits per heavy atom. The lowest BCUT2D eigenvalue weighted by Gasteiger charge is -2.17. The molecule has 0 saturated carbocycles. The lowest BCUT2D eigenvalue weighted by molar-refractivity contribution is 0.442. The summed E-state index contributed by atoms with van der Waals surface area (Å²) in [5, 5.41) is 0. The predicted octanol–water partition coefficient (Wildman–Crippen LogP) is 2.00. The number of rotatable bonds is 4. The van der Waals surface area contributed by atoms with Gasteiger partial charge in [-0.1, -0.05) is 13.8 Å². The normalized spacial score (nSPS) is 15.3. The molecule has 0 aliphatic carbocycles. The van der Waals surface area contributed by atoms with Gasteiger partial charge in [0, 0.05) is 18.4 Å². The highest BCUT2D eigenvalue weighted by molar-refractivity contribution is 5.10. The third-order valence-corrected chi connectivity index (χ3v) is 2.51. The highest BCUT2D eigenvalue weighted by Gasteiger charge is 2.10. The molecule has 2 heteroatoms.